The van der Waals surface area contributed by atoms with E-state index in [-0.39, 0.29) is 28.4 Å². The summed E-state index contributed by atoms with van der Waals surface area (Å²) in [4.78, 5) is 20.9. The van der Waals surface area contributed by atoms with Gasteiger partial charge in [-0.3, -0.25) is 14.9 Å². The number of nitro benzene ring substituents is 1. The molecule has 0 aliphatic rings. The Bertz CT molecular complexity index is 560. The number of benzene rings is 1. The zero-order valence-electron chi connectivity index (χ0n) is 9.40. The smallest absolute Gasteiger partial charge is 0.317 e. The lowest BCUT2D eigenvalue weighted by molar-refractivity contribution is -0.383. The fourth-order valence-electron chi connectivity index (χ4n) is 1.14. The quantitative estimate of drug-likeness (QED) is 0.290. The summed E-state index contributed by atoms with van der Waals surface area (Å²) in [6.45, 7) is 0. The lowest BCUT2D eigenvalue weighted by Crippen LogP contribution is -1.99. The second kappa shape index (κ2) is 5.89. The summed E-state index contributed by atoms with van der Waals surface area (Å²) < 4.78 is 4.40. The molecule has 0 saturated carbocycles. The number of hydrogen-bond donors (Lipinski definition) is 1. The van der Waals surface area contributed by atoms with Crippen molar-refractivity contribution in [3.63, 3.8) is 0 Å². The summed E-state index contributed by atoms with van der Waals surface area (Å²) in [5.41, 5.74) is 5.39. The van der Waals surface area contributed by atoms with Gasteiger partial charge in [-0.1, -0.05) is 23.4 Å². The predicted octanol–water partition coefficient (Wildman–Crippen LogP) is 1.74. The Morgan fingerprint density at radius 2 is 2.28 bits per heavy atom. The number of rotatable bonds is 2. The molecule has 0 spiro atoms. The number of nitrogens with two attached hydrogens (primary N) is 1. The Kier molecular flexibility index (Phi) is 4.52. The number of anilines is 1. The number of nitrogens with zero attached hydrogens (tertiary/aromatic N) is 1. The first-order valence-corrected chi connectivity index (χ1v) is 5.12. The van der Waals surface area contributed by atoms with Crippen molar-refractivity contribution in [2.24, 2.45) is 0 Å². The molecule has 0 heterocycles. The number of nitrogen functional groups attached to an aromatic ring is 1. The highest BCUT2D eigenvalue weighted by Crippen LogP contribution is 2.28. The first kappa shape index (κ1) is 13.8. The SMILES string of the molecule is COC(=O)CC#Cc1cc(Cl)cc([N+](=O)[O-])c1N. The molecule has 0 unspecified atom stereocenters. The van der Waals surface area contributed by atoms with Gasteiger partial charge in [0.2, 0.25) is 0 Å². The van der Waals surface area contributed by atoms with E-state index in [9.17, 15) is 14.9 Å². The fourth-order valence-corrected chi connectivity index (χ4v) is 1.35. The third kappa shape index (κ3) is 3.37. The van der Waals surface area contributed by atoms with Crippen molar-refractivity contribution in [3.8, 4) is 11.8 Å². The van der Waals surface area contributed by atoms with E-state index in [1.54, 1.807) is 0 Å². The highest BCUT2D eigenvalue weighted by Gasteiger charge is 2.15. The first-order valence-electron chi connectivity index (χ1n) is 4.74. The number of esters is 1. The molecule has 18 heavy (non-hydrogen) atoms. The number of hydrogen-bond acceptors (Lipinski definition) is 5. The van der Waals surface area contributed by atoms with E-state index < -0.39 is 10.9 Å². The summed E-state index contributed by atoms with van der Waals surface area (Å²) in [6.07, 6.45) is -0.129. The molecule has 0 amide bonds. The molecule has 1 aromatic rings. The maximum absolute atomic E-state index is 10.8. The van der Waals surface area contributed by atoms with Crippen molar-refractivity contribution < 1.29 is 14.5 Å². The Morgan fingerprint density at radius 1 is 1.61 bits per heavy atom. The zero-order chi connectivity index (χ0) is 13.7. The van der Waals surface area contributed by atoms with Gasteiger partial charge in [0.05, 0.1) is 17.6 Å². The van der Waals surface area contributed by atoms with Crippen LogP contribution < -0.4 is 5.73 Å². The van der Waals surface area contributed by atoms with Crippen molar-refractivity contribution in [1.82, 2.24) is 0 Å². The fraction of sp³-hybridized carbons (Fsp3) is 0.182. The number of halogens is 1. The van der Waals surface area contributed by atoms with E-state index in [4.69, 9.17) is 17.3 Å². The van der Waals surface area contributed by atoms with E-state index in [0.717, 1.165) is 6.07 Å². The van der Waals surface area contributed by atoms with E-state index in [1.807, 2.05) is 0 Å². The normalized spacial score (nSPS) is 9.22. The van der Waals surface area contributed by atoms with Gasteiger partial charge in [0.15, 0.2) is 0 Å². The van der Waals surface area contributed by atoms with Crippen LogP contribution >= 0.6 is 11.6 Å². The Labute approximate surface area is 108 Å². The van der Waals surface area contributed by atoms with Crippen LogP contribution in [0, 0.1) is 22.0 Å². The molecule has 0 atom stereocenters. The van der Waals surface area contributed by atoms with Crippen molar-refractivity contribution in [2.45, 2.75) is 6.42 Å². The summed E-state index contributed by atoms with van der Waals surface area (Å²) in [5, 5.41) is 10.9. The highest BCUT2D eigenvalue weighted by molar-refractivity contribution is 6.31. The lowest BCUT2D eigenvalue weighted by atomic mass is 10.1. The average Bonchev–Trinajstić information content (AvgIpc) is 2.32. The second-order valence-corrected chi connectivity index (χ2v) is 3.63. The van der Waals surface area contributed by atoms with Gasteiger partial charge in [0.1, 0.15) is 12.1 Å². The molecule has 0 aliphatic carbocycles. The third-order valence-corrected chi connectivity index (χ3v) is 2.22. The van der Waals surface area contributed by atoms with Crippen LogP contribution in [-0.4, -0.2) is 18.0 Å². The van der Waals surface area contributed by atoms with Gasteiger partial charge in [0, 0.05) is 11.1 Å². The van der Waals surface area contributed by atoms with Gasteiger partial charge >= 0.3 is 5.97 Å². The van der Waals surface area contributed by atoms with Crippen molar-refractivity contribution in [3.05, 3.63) is 32.8 Å². The molecule has 2 N–H and O–H groups in total. The molecular formula is C11H9ClN2O4. The van der Waals surface area contributed by atoms with Crippen molar-refractivity contribution in [2.75, 3.05) is 12.8 Å². The molecule has 7 heteroatoms. The van der Waals surface area contributed by atoms with Crippen LogP contribution in [0.1, 0.15) is 12.0 Å². The molecule has 0 aromatic heterocycles. The van der Waals surface area contributed by atoms with Crippen LogP contribution in [0.15, 0.2) is 12.1 Å². The molecule has 0 aliphatic heterocycles. The standard InChI is InChI=1S/C11H9ClN2O4/c1-18-10(15)4-2-3-7-5-8(12)6-9(11(7)13)14(16)17/h5-6H,4,13H2,1H3. The van der Waals surface area contributed by atoms with E-state index in [1.165, 1.54) is 13.2 Å². The second-order valence-electron chi connectivity index (χ2n) is 3.20. The molecule has 0 fully saturated rings. The molecule has 0 saturated heterocycles. The van der Waals surface area contributed by atoms with E-state index in [2.05, 4.69) is 16.6 Å². The largest absolute Gasteiger partial charge is 0.468 e. The minimum atomic E-state index is -0.646. The van der Waals surface area contributed by atoms with Crippen LogP contribution in [-0.2, 0) is 9.53 Å². The minimum absolute atomic E-state index is 0.0817. The van der Waals surface area contributed by atoms with E-state index in [0.29, 0.717) is 0 Å². The number of methoxy groups -OCH3 is 1. The van der Waals surface area contributed by atoms with Crippen LogP contribution in [0.2, 0.25) is 5.02 Å². The first-order chi connectivity index (χ1) is 8.45. The predicted molar refractivity (Wildman–Crippen MR) is 66.0 cm³/mol. The molecular weight excluding hydrogens is 260 g/mol. The molecule has 1 aromatic carbocycles. The van der Waals surface area contributed by atoms with Crippen LogP contribution in [0.3, 0.4) is 0 Å². The third-order valence-electron chi connectivity index (χ3n) is 2.00. The van der Waals surface area contributed by atoms with Gasteiger partial charge < -0.3 is 10.5 Å². The monoisotopic (exact) mass is 268 g/mol. The Hall–Kier alpha value is -2.26. The van der Waals surface area contributed by atoms with E-state index >= 15 is 0 Å². The van der Waals surface area contributed by atoms with Crippen LogP contribution in [0.25, 0.3) is 0 Å². The summed E-state index contributed by atoms with van der Waals surface area (Å²) in [7, 11) is 1.24. The lowest BCUT2D eigenvalue weighted by Gasteiger charge is -2.01. The molecule has 0 radical (unpaired) electrons. The van der Waals surface area contributed by atoms with Gasteiger partial charge in [0.25, 0.3) is 5.69 Å². The Balaban J connectivity index is 3.10. The average molecular weight is 269 g/mol. The Morgan fingerprint density at radius 3 is 2.83 bits per heavy atom. The number of ether oxygens (including phenoxy) is 1. The minimum Gasteiger partial charge on any atom is -0.468 e. The van der Waals surface area contributed by atoms with Gasteiger partial charge in [-0.05, 0) is 6.07 Å². The van der Waals surface area contributed by atoms with Gasteiger partial charge in [-0.2, -0.15) is 0 Å². The summed E-state index contributed by atoms with van der Waals surface area (Å²) in [5.74, 6) is 4.55. The number of carbonyl (C=O) groups excluding carboxylic acids is 1. The topological polar surface area (TPSA) is 95.5 Å². The van der Waals surface area contributed by atoms with Crippen LogP contribution in [0.5, 0.6) is 0 Å². The number of carbonyl (C=O) groups is 1. The molecule has 1 rings (SSSR count). The molecule has 0 bridgehead atoms. The van der Waals surface area contributed by atoms with Crippen molar-refractivity contribution in [1.29, 1.82) is 0 Å². The summed E-state index contributed by atoms with van der Waals surface area (Å²) in [6, 6.07) is 2.54. The van der Waals surface area contributed by atoms with Crippen molar-refractivity contribution >= 4 is 28.9 Å². The highest BCUT2D eigenvalue weighted by atomic mass is 35.5. The maximum atomic E-state index is 10.8. The summed E-state index contributed by atoms with van der Waals surface area (Å²) >= 11 is 5.72. The van der Waals surface area contributed by atoms with Crippen LogP contribution in [0.4, 0.5) is 11.4 Å². The zero-order valence-corrected chi connectivity index (χ0v) is 10.2. The van der Waals surface area contributed by atoms with Gasteiger partial charge in [-0.25, -0.2) is 0 Å². The maximum Gasteiger partial charge on any atom is 0.317 e. The number of nitro groups is 1. The van der Waals surface area contributed by atoms with Gasteiger partial charge in [-0.15, -0.1) is 0 Å². The molecule has 6 nitrogen and oxygen atoms in total. The molecule has 94 valence electrons.